The minimum absolute atomic E-state index is 0.154. The summed E-state index contributed by atoms with van der Waals surface area (Å²) in [7, 11) is 0. The lowest BCUT2D eigenvalue weighted by Gasteiger charge is -2.30. The molecule has 2 amide bonds. The summed E-state index contributed by atoms with van der Waals surface area (Å²) >= 11 is 25.9. The lowest BCUT2D eigenvalue weighted by Crippen LogP contribution is -2.49. The molecule has 0 bridgehead atoms. The second-order valence-electron chi connectivity index (χ2n) is 6.80. The second kappa shape index (κ2) is 12.8. The predicted molar refractivity (Wildman–Crippen MR) is 132 cm³/mol. The van der Waals surface area contributed by atoms with Crippen LogP contribution in [0.3, 0.4) is 0 Å². The molecule has 1 N–H and O–H groups in total. The quantitative estimate of drug-likeness (QED) is 0.389. The van der Waals surface area contributed by atoms with Crippen molar-refractivity contribution < 1.29 is 9.59 Å². The molecule has 0 radical (unpaired) electrons. The van der Waals surface area contributed by atoms with Crippen molar-refractivity contribution in [2.24, 2.45) is 0 Å². The maximum absolute atomic E-state index is 13.2. The van der Waals surface area contributed by atoms with E-state index >= 15 is 0 Å². The van der Waals surface area contributed by atoms with Crippen LogP contribution in [0.4, 0.5) is 0 Å². The maximum atomic E-state index is 13.2. The van der Waals surface area contributed by atoms with Crippen LogP contribution in [0.25, 0.3) is 0 Å². The number of carbonyl (C=O) groups excluding carboxylic acids is 2. The number of hydrogen-bond acceptors (Lipinski definition) is 3. The molecule has 0 aliphatic rings. The number of carbonyl (C=O) groups is 2. The Bertz CT molecular complexity index is 926. The summed E-state index contributed by atoms with van der Waals surface area (Å²) in [5.74, 6) is 0.406. The van der Waals surface area contributed by atoms with Crippen molar-refractivity contribution in [2.45, 2.75) is 38.6 Å². The molecule has 4 nitrogen and oxygen atoms in total. The highest BCUT2D eigenvalue weighted by Gasteiger charge is 2.28. The van der Waals surface area contributed by atoms with E-state index in [4.69, 9.17) is 46.4 Å². The van der Waals surface area contributed by atoms with Gasteiger partial charge in [0.25, 0.3) is 0 Å². The van der Waals surface area contributed by atoms with Crippen LogP contribution in [-0.4, -0.2) is 35.1 Å². The van der Waals surface area contributed by atoms with Crippen LogP contribution in [0.15, 0.2) is 36.4 Å². The fourth-order valence-electron chi connectivity index (χ4n) is 3.01. The Morgan fingerprint density at radius 1 is 0.968 bits per heavy atom. The van der Waals surface area contributed by atoms with Crippen LogP contribution >= 0.6 is 58.2 Å². The average Bonchev–Trinajstić information content (AvgIpc) is 2.71. The number of rotatable bonds is 10. The molecule has 0 spiro atoms. The molecular weight excluding hydrogens is 498 g/mol. The molecule has 9 heteroatoms. The van der Waals surface area contributed by atoms with Gasteiger partial charge in [-0.3, -0.25) is 9.59 Å². The van der Waals surface area contributed by atoms with Gasteiger partial charge in [0.15, 0.2) is 0 Å². The highest BCUT2D eigenvalue weighted by atomic mass is 35.5. The Labute approximate surface area is 207 Å². The van der Waals surface area contributed by atoms with Crippen LogP contribution in [0.1, 0.15) is 31.4 Å². The SMILES string of the molecule is CCNC(=O)[C@H](CC)N(Cc1ccc(Cl)cc1Cl)C(=O)CSCc1ccc(Cl)cc1Cl. The van der Waals surface area contributed by atoms with Gasteiger partial charge in [-0.2, -0.15) is 0 Å². The van der Waals surface area contributed by atoms with Crippen LogP contribution in [-0.2, 0) is 21.9 Å². The van der Waals surface area contributed by atoms with E-state index in [2.05, 4.69) is 5.32 Å². The van der Waals surface area contributed by atoms with Gasteiger partial charge >= 0.3 is 0 Å². The van der Waals surface area contributed by atoms with Crippen LogP contribution < -0.4 is 5.32 Å². The highest BCUT2D eigenvalue weighted by molar-refractivity contribution is 7.99. The van der Waals surface area contributed by atoms with Gasteiger partial charge < -0.3 is 10.2 Å². The standard InChI is InChI=1S/C22H24Cl4N2O2S/c1-3-20(22(30)27-4-2)28(11-14-5-7-16(23)9-18(14)25)21(29)13-31-12-15-6-8-17(24)10-19(15)26/h5-10,20H,3-4,11-13H2,1-2H3,(H,27,30)/t20-/m0/s1. The third kappa shape index (κ3) is 7.76. The zero-order valence-electron chi connectivity index (χ0n) is 17.3. The van der Waals surface area contributed by atoms with E-state index in [0.29, 0.717) is 38.8 Å². The first-order chi connectivity index (χ1) is 14.8. The number of halogens is 4. The fraction of sp³-hybridized carbons (Fsp3) is 0.364. The van der Waals surface area contributed by atoms with E-state index in [1.54, 1.807) is 35.2 Å². The van der Waals surface area contributed by atoms with E-state index in [1.165, 1.54) is 11.8 Å². The fourth-order valence-corrected chi connectivity index (χ4v) is 4.95. The van der Waals surface area contributed by atoms with Gasteiger partial charge in [0.2, 0.25) is 11.8 Å². The Morgan fingerprint density at radius 3 is 2.06 bits per heavy atom. The monoisotopic (exact) mass is 520 g/mol. The van der Waals surface area contributed by atoms with E-state index in [0.717, 1.165) is 11.1 Å². The summed E-state index contributed by atoms with van der Waals surface area (Å²) in [4.78, 5) is 27.4. The molecule has 31 heavy (non-hydrogen) atoms. The van der Waals surface area contributed by atoms with Crippen LogP contribution in [0.5, 0.6) is 0 Å². The third-order valence-corrected chi connectivity index (χ3v) is 6.73. The summed E-state index contributed by atoms with van der Waals surface area (Å²) in [5, 5.41) is 4.90. The summed E-state index contributed by atoms with van der Waals surface area (Å²) in [6, 6.07) is 9.81. The molecular formula is C22H24Cl4N2O2S. The van der Waals surface area contributed by atoms with E-state index in [1.807, 2.05) is 19.9 Å². The summed E-state index contributed by atoms with van der Waals surface area (Å²) < 4.78 is 0. The largest absolute Gasteiger partial charge is 0.355 e. The minimum Gasteiger partial charge on any atom is -0.355 e. The molecule has 0 saturated carbocycles. The smallest absolute Gasteiger partial charge is 0.242 e. The van der Waals surface area contributed by atoms with Crippen LogP contribution in [0, 0.1) is 0 Å². The van der Waals surface area contributed by atoms with Gasteiger partial charge in [-0.25, -0.2) is 0 Å². The van der Waals surface area contributed by atoms with Crippen molar-refractivity contribution in [3.63, 3.8) is 0 Å². The topological polar surface area (TPSA) is 49.4 Å². The highest BCUT2D eigenvalue weighted by Crippen LogP contribution is 2.26. The molecule has 0 heterocycles. The molecule has 0 aromatic heterocycles. The Balaban J connectivity index is 2.17. The number of hydrogen-bond donors (Lipinski definition) is 1. The van der Waals surface area contributed by atoms with Gasteiger partial charge in [0.05, 0.1) is 5.75 Å². The van der Waals surface area contributed by atoms with Gasteiger partial charge in [-0.15, -0.1) is 11.8 Å². The van der Waals surface area contributed by atoms with Gasteiger partial charge in [-0.05, 0) is 48.7 Å². The molecule has 0 fully saturated rings. The first-order valence-corrected chi connectivity index (χ1v) is 12.5. The predicted octanol–water partition coefficient (Wildman–Crippen LogP) is 6.48. The molecule has 0 saturated heterocycles. The summed E-state index contributed by atoms with van der Waals surface area (Å²) in [6.45, 7) is 4.43. The normalized spacial score (nSPS) is 11.8. The molecule has 0 unspecified atom stereocenters. The molecule has 2 aromatic carbocycles. The first-order valence-electron chi connectivity index (χ1n) is 9.79. The maximum Gasteiger partial charge on any atom is 0.242 e. The van der Waals surface area contributed by atoms with Crippen molar-refractivity contribution in [1.29, 1.82) is 0 Å². The average molecular weight is 522 g/mol. The lowest BCUT2D eigenvalue weighted by molar-refractivity contribution is -0.139. The lowest BCUT2D eigenvalue weighted by atomic mass is 10.1. The Kier molecular flexibility index (Phi) is 10.8. The van der Waals surface area contributed by atoms with Gasteiger partial charge in [-0.1, -0.05) is 65.5 Å². The van der Waals surface area contributed by atoms with Gasteiger partial charge in [0, 0.05) is 38.9 Å². The number of nitrogens with zero attached hydrogens (tertiary/aromatic N) is 1. The van der Waals surface area contributed by atoms with Crippen molar-refractivity contribution in [3.8, 4) is 0 Å². The van der Waals surface area contributed by atoms with Gasteiger partial charge in [0.1, 0.15) is 6.04 Å². The molecule has 2 rings (SSSR count). The third-order valence-electron chi connectivity index (χ3n) is 4.59. The number of thioether (sulfide) groups is 1. The van der Waals surface area contributed by atoms with E-state index in [-0.39, 0.29) is 24.1 Å². The number of likely N-dealkylation sites (N-methyl/N-ethyl adjacent to an activating group) is 1. The molecule has 168 valence electrons. The van der Waals surface area contributed by atoms with Crippen molar-refractivity contribution >= 4 is 70.0 Å². The van der Waals surface area contributed by atoms with E-state index in [9.17, 15) is 9.59 Å². The minimum atomic E-state index is -0.598. The van der Waals surface area contributed by atoms with Crippen LogP contribution in [0.2, 0.25) is 20.1 Å². The second-order valence-corrected chi connectivity index (χ2v) is 9.48. The number of nitrogens with one attached hydrogen (secondary N) is 1. The zero-order chi connectivity index (χ0) is 23.0. The van der Waals surface area contributed by atoms with Crippen molar-refractivity contribution in [2.75, 3.05) is 12.3 Å². The molecule has 0 aliphatic heterocycles. The van der Waals surface area contributed by atoms with Crippen molar-refractivity contribution in [1.82, 2.24) is 10.2 Å². The zero-order valence-corrected chi connectivity index (χ0v) is 21.1. The Morgan fingerprint density at radius 2 is 1.55 bits per heavy atom. The van der Waals surface area contributed by atoms with Crippen molar-refractivity contribution in [3.05, 3.63) is 67.6 Å². The molecule has 2 aromatic rings. The Hall–Kier alpha value is -1.11. The molecule has 0 aliphatic carbocycles. The summed E-state index contributed by atoms with van der Waals surface area (Å²) in [5.41, 5.74) is 1.62. The molecule has 1 atom stereocenters. The summed E-state index contributed by atoms with van der Waals surface area (Å²) in [6.07, 6.45) is 0.483. The number of benzene rings is 2. The van der Waals surface area contributed by atoms with E-state index < -0.39 is 6.04 Å². The number of amides is 2. The first kappa shape index (κ1) is 26.1.